The van der Waals surface area contributed by atoms with Gasteiger partial charge in [-0.1, -0.05) is 11.6 Å². The van der Waals surface area contributed by atoms with Gasteiger partial charge in [-0.15, -0.1) is 0 Å². The smallest absolute Gasteiger partial charge is 0.162 e. The van der Waals surface area contributed by atoms with E-state index in [2.05, 4.69) is 21.9 Å². The van der Waals surface area contributed by atoms with Crippen LogP contribution in [-0.2, 0) is 0 Å². The molecule has 0 bridgehead atoms. The Morgan fingerprint density at radius 3 is 2.85 bits per heavy atom. The molecule has 0 saturated carbocycles. The number of rotatable bonds is 3. The topological polar surface area (TPSA) is 47.5 Å². The molecule has 1 unspecified atom stereocenters. The Labute approximate surface area is 122 Å². The second-order valence-electron chi connectivity index (χ2n) is 4.98. The Bertz CT molecular complexity index is 635. The standard InChI is InChI=1S/C14H16ClN3O2/c1-18-4-3-9(7-18)20-13-5-10-11(6-12(13)19-2)16-8-17-14(10)15/h5-6,8-9H,3-4,7H2,1-2H3. The Morgan fingerprint density at radius 2 is 2.15 bits per heavy atom. The molecule has 1 aromatic heterocycles. The van der Waals surface area contributed by atoms with Gasteiger partial charge in [-0.05, 0) is 19.5 Å². The van der Waals surface area contributed by atoms with Gasteiger partial charge in [-0.25, -0.2) is 9.97 Å². The van der Waals surface area contributed by atoms with Crippen molar-refractivity contribution >= 4 is 22.5 Å². The summed E-state index contributed by atoms with van der Waals surface area (Å²) < 4.78 is 11.4. The van der Waals surface area contributed by atoms with E-state index in [-0.39, 0.29) is 6.10 Å². The fourth-order valence-corrected chi connectivity index (χ4v) is 2.65. The average molecular weight is 294 g/mol. The molecule has 2 heterocycles. The van der Waals surface area contributed by atoms with E-state index >= 15 is 0 Å². The lowest BCUT2D eigenvalue weighted by Crippen LogP contribution is -2.21. The normalized spacial score (nSPS) is 19.4. The van der Waals surface area contributed by atoms with Gasteiger partial charge in [0.15, 0.2) is 11.5 Å². The third-order valence-electron chi connectivity index (χ3n) is 3.51. The molecule has 20 heavy (non-hydrogen) atoms. The van der Waals surface area contributed by atoms with Gasteiger partial charge in [-0.2, -0.15) is 0 Å². The molecule has 0 aliphatic carbocycles. The van der Waals surface area contributed by atoms with Crippen molar-refractivity contribution < 1.29 is 9.47 Å². The molecule has 5 nitrogen and oxygen atoms in total. The fourth-order valence-electron chi connectivity index (χ4n) is 2.45. The summed E-state index contributed by atoms with van der Waals surface area (Å²) in [4.78, 5) is 10.4. The highest BCUT2D eigenvalue weighted by Crippen LogP contribution is 2.35. The van der Waals surface area contributed by atoms with Crippen molar-refractivity contribution in [3.63, 3.8) is 0 Å². The molecular weight excluding hydrogens is 278 g/mol. The lowest BCUT2D eigenvalue weighted by molar-refractivity contribution is 0.200. The minimum atomic E-state index is 0.176. The van der Waals surface area contributed by atoms with Crippen molar-refractivity contribution in [2.45, 2.75) is 12.5 Å². The maximum absolute atomic E-state index is 6.11. The van der Waals surface area contributed by atoms with Crippen LogP contribution in [0, 0.1) is 0 Å². The van der Waals surface area contributed by atoms with Gasteiger partial charge < -0.3 is 14.4 Å². The first-order valence-corrected chi connectivity index (χ1v) is 6.88. The van der Waals surface area contributed by atoms with E-state index in [1.807, 2.05) is 12.1 Å². The molecule has 1 aliphatic heterocycles. The number of methoxy groups -OCH3 is 1. The van der Waals surface area contributed by atoms with Crippen LogP contribution in [0.3, 0.4) is 0 Å². The Balaban J connectivity index is 1.98. The van der Waals surface area contributed by atoms with Gasteiger partial charge >= 0.3 is 0 Å². The van der Waals surface area contributed by atoms with Gasteiger partial charge in [0.05, 0.1) is 12.6 Å². The van der Waals surface area contributed by atoms with E-state index in [1.54, 1.807) is 7.11 Å². The summed E-state index contributed by atoms with van der Waals surface area (Å²) in [6.07, 6.45) is 2.63. The number of ether oxygens (including phenoxy) is 2. The van der Waals surface area contributed by atoms with Crippen LogP contribution in [0.15, 0.2) is 18.5 Å². The molecule has 1 fully saturated rings. The van der Waals surface area contributed by atoms with Crippen LogP contribution in [-0.4, -0.2) is 48.2 Å². The van der Waals surface area contributed by atoms with E-state index in [0.717, 1.165) is 30.4 Å². The Kier molecular flexibility index (Phi) is 3.63. The molecule has 0 amide bonds. The van der Waals surface area contributed by atoms with Crippen molar-refractivity contribution in [2.75, 3.05) is 27.2 Å². The predicted octanol–water partition coefficient (Wildman–Crippen LogP) is 2.37. The summed E-state index contributed by atoms with van der Waals surface area (Å²) in [5, 5.41) is 1.20. The summed E-state index contributed by atoms with van der Waals surface area (Å²) in [7, 11) is 3.71. The molecule has 106 valence electrons. The minimum Gasteiger partial charge on any atom is -0.493 e. The lowest BCUT2D eigenvalue weighted by atomic mass is 10.2. The zero-order valence-corrected chi connectivity index (χ0v) is 12.2. The second kappa shape index (κ2) is 5.42. The maximum Gasteiger partial charge on any atom is 0.162 e. The molecule has 0 radical (unpaired) electrons. The number of likely N-dealkylation sites (tertiary alicyclic amines) is 1. The highest BCUT2D eigenvalue weighted by atomic mass is 35.5. The van der Waals surface area contributed by atoms with Crippen molar-refractivity contribution in [2.24, 2.45) is 0 Å². The molecule has 1 aromatic carbocycles. The highest BCUT2D eigenvalue weighted by Gasteiger charge is 2.22. The largest absolute Gasteiger partial charge is 0.493 e. The summed E-state index contributed by atoms with van der Waals surface area (Å²) in [5.41, 5.74) is 0.748. The average Bonchev–Trinajstić information content (AvgIpc) is 2.84. The number of benzene rings is 1. The van der Waals surface area contributed by atoms with Gasteiger partial charge in [0.1, 0.15) is 17.6 Å². The lowest BCUT2D eigenvalue weighted by Gasteiger charge is -2.17. The number of aromatic nitrogens is 2. The van der Waals surface area contributed by atoms with Crippen LogP contribution in [0.2, 0.25) is 5.15 Å². The van der Waals surface area contributed by atoms with Crippen molar-refractivity contribution in [3.8, 4) is 11.5 Å². The van der Waals surface area contributed by atoms with Crippen molar-refractivity contribution in [1.29, 1.82) is 0 Å². The number of halogens is 1. The first kappa shape index (κ1) is 13.4. The monoisotopic (exact) mass is 293 g/mol. The van der Waals surface area contributed by atoms with Crippen LogP contribution in [0.5, 0.6) is 11.5 Å². The molecule has 6 heteroatoms. The number of nitrogens with zero attached hydrogens (tertiary/aromatic N) is 3. The molecule has 3 rings (SSSR count). The molecule has 0 N–H and O–H groups in total. The number of hydrogen-bond acceptors (Lipinski definition) is 5. The Hall–Kier alpha value is -1.59. The zero-order valence-electron chi connectivity index (χ0n) is 11.5. The summed E-state index contributed by atoms with van der Waals surface area (Å²) >= 11 is 6.11. The van der Waals surface area contributed by atoms with Gasteiger partial charge in [0.2, 0.25) is 0 Å². The van der Waals surface area contributed by atoms with Gasteiger partial charge in [-0.3, -0.25) is 0 Å². The zero-order chi connectivity index (χ0) is 14.1. The van der Waals surface area contributed by atoms with Crippen molar-refractivity contribution in [1.82, 2.24) is 14.9 Å². The van der Waals surface area contributed by atoms with Crippen molar-refractivity contribution in [3.05, 3.63) is 23.6 Å². The maximum atomic E-state index is 6.11. The van der Waals surface area contributed by atoms with Gasteiger partial charge in [0, 0.05) is 24.5 Å². The van der Waals surface area contributed by atoms with E-state index in [9.17, 15) is 0 Å². The SMILES string of the molecule is COc1cc2ncnc(Cl)c2cc1OC1CCN(C)C1. The fraction of sp³-hybridized carbons (Fsp3) is 0.429. The van der Waals surface area contributed by atoms with E-state index in [1.165, 1.54) is 6.33 Å². The third-order valence-corrected chi connectivity index (χ3v) is 3.82. The van der Waals surface area contributed by atoms with E-state index in [0.29, 0.717) is 16.7 Å². The minimum absolute atomic E-state index is 0.176. The number of likely N-dealkylation sites (N-methyl/N-ethyl adjacent to an activating group) is 1. The van der Waals surface area contributed by atoms with E-state index < -0.39 is 0 Å². The van der Waals surface area contributed by atoms with Crippen LogP contribution < -0.4 is 9.47 Å². The molecule has 2 aromatic rings. The van der Waals surface area contributed by atoms with E-state index in [4.69, 9.17) is 21.1 Å². The highest BCUT2D eigenvalue weighted by molar-refractivity contribution is 6.34. The van der Waals surface area contributed by atoms with Gasteiger partial charge in [0.25, 0.3) is 0 Å². The molecule has 0 spiro atoms. The van der Waals surface area contributed by atoms with Crippen LogP contribution in [0.1, 0.15) is 6.42 Å². The first-order valence-electron chi connectivity index (χ1n) is 6.51. The number of hydrogen-bond donors (Lipinski definition) is 0. The second-order valence-corrected chi connectivity index (χ2v) is 5.33. The van der Waals surface area contributed by atoms with Crippen LogP contribution in [0.25, 0.3) is 10.9 Å². The van der Waals surface area contributed by atoms with Crippen LogP contribution >= 0.6 is 11.6 Å². The molecule has 1 atom stereocenters. The number of fused-ring (bicyclic) bond motifs is 1. The Morgan fingerprint density at radius 1 is 1.30 bits per heavy atom. The quantitative estimate of drug-likeness (QED) is 0.813. The summed E-state index contributed by atoms with van der Waals surface area (Å²) in [5.74, 6) is 1.36. The molecular formula is C14H16ClN3O2. The summed E-state index contributed by atoms with van der Waals surface area (Å²) in [6, 6.07) is 3.69. The predicted molar refractivity (Wildman–Crippen MR) is 77.6 cm³/mol. The third kappa shape index (κ3) is 2.51. The molecule has 1 saturated heterocycles. The van der Waals surface area contributed by atoms with Crippen LogP contribution in [0.4, 0.5) is 0 Å². The summed E-state index contributed by atoms with van der Waals surface area (Å²) in [6.45, 7) is 1.96. The first-order chi connectivity index (χ1) is 9.67. The molecule has 1 aliphatic rings.